The lowest BCUT2D eigenvalue weighted by molar-refractivity contribution is 0.969. The van der Waals surface area contributed by atoms with Crippen molar-refractivity contribution in [2.24, 2.45) is 0 Å². The number of aromatic nitrogens is 1. The summed E-state index contributed by atoms with van der Waals surface area (Å²) < 4.78 is 2.03. The lowest BCUT2D eigenvalue weighted by Crippen LogP contribution is -2.02. The molecule has 0 atom stereocenters. The van der Waals surface area contributed by atoms with Crippen molar-refractivity contribution in [3.8, 4) is 0 Å². The van der Waals surface area contributed by atoms with Gasteiger partial charge in [-0.3, -0.25) is 0 Å². The van der Waals surface area contributed by atoms with Crippen LogP contribution in [0.15, 0.2) is 45.5 Å². The highest BCUT2D eigenvalue weighted by molar-refractivity contribution is 9.11. The molecule has 0 unspecified atom stereocenters. The molecule has 0 aliphatic heterocycles. The molecule has 1 heterocycles. The molecule has 0 bridgehead atoms. The van der Waals surface area contributed by atoms with Gasteiger partial charge >= 0.3 is 0 Å². The number of hydrogen-bond donors (Lipinski definition) is 2. The molecular formula is C14H15Br2N3. The number of benzene rings is 1. The van der Waals surface area contributed by atoms with E-state index >= 15 is 0 Å². The third kappa shape index (κ3) is 3.94. The first-order valence-electron chi connectivity index (χ1n) is 6.11. The Bertz CT molecular complexity index is 538. The topological polar surface area (TPSA) is 37.0 Å². The van der Waals surface area contributed by atoms with Crippen molar-refractivity contribution >= 4 is 49.1 Å². The van der Waals surface area contributed by atoms with Gasteiger partial charge in [0.05, 0.1) is 5.69 Å². The quantitative estimate of drug-likeness (QED) is 0.746. The zero-order chi connectivity index (χ0) is 13.7. The van der Waals surface area contributed by atoms with Crippen LogP contribution in [0.2, 0.25) is 0 Å². The van der Waals surface area contributed by atoms with E-state index in [0.717, 1.165) is 39.1 Å². The smallest absolute Gasteiger partial charge is 0.127 e. The van der Waals surface area contributed by atoms with Crippen LogP contribution in [0.3, 0.4) is 0 Å². The summed E-state index contributed by atoms with van der Waals surface area (Å²) in [6.07, 6.45) is 2.88. The van der Waals surface area contributed by atoms with Crippen LogP contribution in [0.5, 0.6) is 0 Å². The molecule has 2 N–H and O–H groups in total. The SMILES string of the molecule is CCCNc1cc(Nc2c(Br)cccc2Br)ccn1. The maximum atomic E-state index is 4.29. The Balaban J connectivity index is 2.19. The molecule has 0 saturated heterocycles. The van der Waals surface area contributed by atoms with Crippen LogP contribution in [-0.4, -0.2) is 11.5 Å². The van der Waals surface area contributed by atoms with Gasteiger partial charge in [0, 0.05) is 33.4 Å². The average molecular weight is 385 g/mol. The highest BCUT2D eigenvalue weighted by Gasteiger charge is 2.05. The first kappa shape index (κ1) is 14.3. The van der Waals surface area contributed by atoms with E-state index in [1.165, 1.54) is 0 Å². The second-order valence-electron chi connectivity index (χ2n) is 4.08. The monoisotopic (exact) mass is 383 g/mol. The van der Waals surface area contributed by atoms with Crippen LogP contribution in [-0.2, 0) is 0 Å². The van der Waals surface area contributed by atoms with E-state index in [0.29, 0.717) is 0 Å². The van der Waals surface area contributed by atoms with Gasteiger partial charge in [-0.05, 0) is 56.5 Å². The van der Waals surface area contributed by atoms with E-state index in [9.17, 15) is 0 Å². The number of para-hydroxylation sites is 1. The molecule has 0 spiro atoms. The molecule has 100 valence electrons. The van der Waals surface area contributed by atoms with Crippen molar-refractivity contribution in [3.63, 3.8) is 0 Å². The Kier molecular flexibility index (Phi) is 5.22. The molecule has 0 saturated carbocycles. The van der Waals surface area contributed by atoms with E-state index in [2.05, 4.69) is 54.4 Å². The molecule has 0 fully saturated rings. The number of nitrogens with zero attached hydrogens (tertiary/aromatic N) is 1. The maximum absolute atomic E-state index is 4.29. The zero-order valence-corrected chi connectivity index (χ0v) is 13.8. The fourth-order valence-corrected chi connectivity index (χ4v) is 2.82. The molecule has 2 rings (SSSR count). The first-order valence-corrected chi connectivity index (χ1v) is 7.70. The van der Waals surface area contributed by atoms with Gasteiger partial charge in [-0.2, -0.15) is 0 Å². The number of nitrogens with one attached hydrogen (secondary N) is 2. The van der Waals surface area contributed by atoms with Crippen LogP contribution < -0.4 is 10.6 Å². The summed E-state index contributed by atoms with van der Waals surface area (Å²) >= 11 is 7.08. The largest absolute Gasteiger partial charge is 0.370 e. The van der Waals surface area contributed by atoms with Crippen LogP contribution in [0.4, 0.5) is 17.2 Å². The van der Waals surface area contributed by atoms with Crippen molar-refractivity contribution in [1.82, 2.24) is 4.98 Å². The summed E-state index contributed by atoms with van der Waals surface area (Å²) in [4.78, 5) is 4.29. The van der Waals surface area contributed by atoms with E-state index in [4.69, 9.17) is 0 Å². The van der Waals surface area contributed by atoms with Gasteiger partial charge in [0.15, 0.2) is 0 Å². The van der Waals surface area contributed by atoms with Gasteiger partial charge in [-0.15, -0.1) is 0 Å². The van der Waals surface area contributed by atoms with Crippen LogP contribution in [0, 0.1) is 0 Å². The van der Waals surface area contributed by atoms with Crippen LogP contribution in [0.25, 0.3) is 0 Å². The van der Waals surface area contributed by atoms with E-state index in [1.54, 1.807) is 6.20 Å². The molecule has 5 heteroatoms. The van der Waals surface area contributed by atoms with Crippen LogP contribution >= 0.6 is 31.9 Å². The molecule has 1 aromatic heterocycles. The standard InChI is InChI=1S/C14H15Br2N3/c1-2-7-17-13-9-10(6-8-18-13)19-14-11(15)4-3-5-12(14)16/h3-6,8-9H,2,7H2,1H3,(H2,17,18,19). The Morgan fingerprint density at radius 2 is 1.89 bits per heavy atom. The van der Waals surface area contributed by atoms with Gasteiger partial charge in [-0.1, -0.05) is 13.0 Å². The lowest BCUT2D eigenvalue weighted by Gasteiger charge is -2.12. The normalized spacial score (nSPS) is 10.3. The molecule has 0 aliphatic carbocycles. The molecule has 0 aliphatic rings. The Morgan fingerprint density at radius 1 is 1.16 bits per heavy atom. The lowest BCUT2D eigenvalue weighted by atomic mass is 10.3. The molecule has 0 amide bonds. The van der Waals surface area contributed by atoms with Crippen molar-refractivity contribution in [1.29, 1.82) is 0 Å². The summed E-state index contributed by atoms with van der Waals surface area (Å²) in [7, 11) is 0. The fourth-order valence-electron chi connectivity index (χ4n) is 1.62. The Hall–Kier alpha value is -1.07. The third-order valence-corrected chi connectivity index (χ3v) is 3.87. The minimum atomic E-state index is 0.884. The zero-order valence-electron chi connectivity index (χ0n) is 10.6. The number of anilines is 3. The summed E-state index contributed by atoms with van der Waals surface area (Å²) in [5.41, 5.74) is 2.01. The number of hydrogen-bond acceptors (Lipinski definition) is 3. The molecule has 19 heavy (non-hydrogen) atoms. The van der Waals surface area contributed by atoms with Gasteiger partial charge in [0.2, 0.25) is 0 Å². The second-order valence-corrected chi connectivity index (χ2v) is 5.79. The minimum absolute atomic E-state index is 0.884. The van der Waals surface area contributed by atoms with E-state index in [1.807, 2.05) is 30.3 Å². The second kappa shape index (κ2) is 6.91. The highest BCUT2D eigenvalue weighted by Crippen LogP contribution is 2.33. The summed E-state index contributed by atoms with van der Waals surface area (Å²) in [6.45, 7) is 3.06. The summed E-state index contributed by atoms with van der Waals surface area (Å²) in [5.74, 6) is 0.884. The minimum Gasteiger partial charge on any atom is -0.370 e. The van der Waals surface area contributed by atoms with E-state index < -0.39 is 0 Å². The van der Waals surface area contributed by atoms with Gasteiger partial charge in [0.25, 0.3) is 0 Å². The predicted octanol–water partition coefficient (Wildman–Crippen LogP) is 5.17. The summed E-state index contributed by atoms with van der Waals surface area (Å²) in [6, 6.07) is 9.94. The number of pyridine rings is 1. The van der Waals surface area contributed by atoms with Gasteiger partial charge in [0.1, 0.15) is 5.82 Å². The highest BCUT2D eigenvalue weighted by atomic mass is 79.9. The average Bonchev–Trinajstić information content (AvgIpc) is 2.41. The van der Waals surface area contributed by atoms with Gasteiger partial charge in [-0.25, -0.2) is 4.98 Å². The fraction of sp³-hybridized carbons (Fsp3) is 0.214. The van der Waals surface area contributed by atoms with Crippen molar-refractivity contribution in [2.45, 2.75) is 13.3 Å². The molecule has 3 nitrogen and oxygen atoms in total. The number of halogens is 2. The summed E-state index contributed by atoms with van der Waals surface area (Å²) in [5, 5.41) is 6.66. The third-order valence-electron chi connectivity index (χ3n) is 2.55. The van der Waals surface area contributed by atoms with Gasteiger partial charge < -0.3 is 10.6 Å². The van der Waals surface area contributed by atoms with Crippen molar-refractivity contribution < 1.29 is 0 Å². The van der Waals surface area contributed by atoms with E-state index in [-0.39, 0.29) is 0 Å². The molecular weight excluding hydrogens is 370 g/mol. The molecule has 0 radical (unpaired) electrons. The predicted molar refractivity (Wildman–Crippen MR) is 88.1 cm³/mol. The van der Waals surface area contributed by atoms with Crippen molar-refractivity contribution in [2.75, 3.05) is 17.2 Å². The molecule has 1 aromatic carbocycles. The first-order chi connectivity index (χ1) is 9.20. The van der Waals surface area contributed by atoms with Crippen LogP contribution in [0.1, 0.15) is 13.3 Å². The Labute approximate surface area is 130 Å². The number of rotatable bonds is 5. The molecule has 2 aromatic rings. The Morgan fingerprint density at radius 3 is 2.58 bits per heavy atom. The maximum Gasteiger partial charge on any atom is 0.127 e. The van der Waals surface area contributed by atoms with Crippen molar-refractivity contribution in [3.05, 3.63) is 45.5 Å².